The van der Waals surface area contributed by atoms with E-state index in [-0.39, 0.29) is 11.3 Å². The number of amides is 1. The first kappa shape index (κ1) is 16.7. The van der Waals surface area contributed by atoms with Crippen molar-refractivity contribution >= 4 is 5.91 Å². The summed E-state index contributed by atoms with van der Waals surface area (Å²) in [4.78, 5) is 14.5. The molecule has 0 radical (unpaired) electrons. The maximum absolute atomic E-state index is 12.8. The molecule has 0 bridgehead atoms. The Balaban J connectivity index is 1.78. The standard InChI is InChI=1S/C18H26N4O2/c1-18(2,3)12-6-7-15-14(10-12)16(20-24-15)17(23)21(4)11-13-8-9-22(5)19-13/h8-9,12H,6-7,10-11H2,1-5H3. The van der Waals surface area contributed by atoms with Gasteiger partial charge in [-0.15, -0.1) is 0 Å². The highest BCUT2D eigenvalue weighted by molar-refractivity contribution is 5.93. The number of aromatic nitrogens is 3. The highest BCUT2D eigenvalue weighted by atomic mass is 16.5. The molecule has 2 aromatic heterocycles. The number of carbonyl (C=O) groups is 1. The second kappa shape index (κ2) is 6.07. The molecule has 3 rings (SSSR count). The van der Waals surface area contributed by atoms with E-state index in [4.69, 9.17) is 4.52 Å². The summed E-state index contributed by atoms with van der Waals surface area (Å²) in [6, 6.07) is 1.91. The molecule has 24 heavy (non-hydrogen) atoms. The predicted octanol–water partition coefficient (Wildman–Crippen LogP) is 2.83. The lowest BCUT2D eigenvalue weighted by Crippen LogP contribution is -2.30. The Bertz CT molecular complexity index is 739. The Morgan fingerprint density at radius 1 is 1.46 bits per heavy atom. The molecule has 0 saturated carbocycles. The zero-order chi connectivity index (χ0) is 17.5. The van der Waals surface area contributed by atoms with Crippen LogP contribution in [-0.4, -0.2) is 32.8 Å². The van der Waals surface area contributed by atoms with Crippen molar-refractivity contribution in [2.75, 3.05) is 7.05 Å². The quantitative estimate of drug-likeness (QED) is 0.868. The highest BCUT2D eigenvalue weighted by Crippen LogP contribution is 2.38. The molecule has 0 spiro atoms. The summed E-state index contributed by atoms with van der Waals surface area (Å²) >= 11 is 0. The van der Waals surface area contributed by atoms with Crippen LogP contribution < -0.4 is 0 Å². The molecule has 0 aliphatic heterocycles. The van der Waals surface area contributed by atoms with Crippen molar-refractivity contribution in [3.63, 3.8) is 0 Å². The lowest BCUT2D eigenvalue weighted by atomic mass is 9.71. The van der Waals surface area contributed by atoms with Gasteiger partial charge < -0.3 is 9.42 Å². The minimum absolute atomic E-state index is 0.0970. The van der Waals surface area contributed by atoms with Crippen molar-refractivity contribution < 1.29 is 9.32 Å². The molecule has 2 heterocycles. The van der Waals surface area contributed by atoms with E-state index in [2.05, 4.69) is 31.0 Å². The van der Waals surface area contributed by atoms with Gasteiger partial charge in [-0.05, 0) is 30.2 Å². The van der Waals surface area contributed by atoms with Gasteiger partial charge in [0.2, 0.25) is 0 Å². The fraction of sp³-hybridized carbons (Fsp3) is 0.611. The molecule has 1 unspecified atom stereocenters. The van der Waals surface area contributed by atoms with Crippen LogP contribution >= 0.6 is 0 Å². The maximum atomic E-state index is 12.8. The van der Waals surface area contributed by atoms with Crippen molar-refractivity contribution in [3.8, 4) is 0 Å². The molecule has 2 aromatic rings. The van der Waals surface area contributed by atoms with Crippen LogP contribution in [0.2, 0.25) is 0 Å². The fourth-order valence-corrected chi connectivity index (χ4v) is 3.35. The molecule has 0 saturated heterocycles. The third-order valence-corrected chi connectivity index (χ3v) is 4.98. The number of aryl methyl sites for hydroxylation is 2. The molecule has 1 amide bonds. The molecule has 0 N–H and O–H groups in total. The van der Waals surface area contributed by atoms with Gasteiger partial charge >= 0.3 is 0 Å². The summed E-state index contributed by atoms with van der Waals surface area (Å²) < 4.78 is 7.19. The van der Waals surface area contributed by atoms with Gasteiger partial charge in [0.25, 0.3) is 5.91 Å². The van der Waals surface area contributed by atoms with Gasteiger partial charge in [0.1, 0.15) is 5.76 Å². The van der Waals surface area contributed by atoms with Gasteiger partial charge in [-0.1, -0.05) is 25.9 Å². The van der Waals surface area contributed by atoms with E-state index in [1.165, 1.54) is 0 Å². The highest BCUT2D eigenvalue weighted by Gasteiger charge is 2.34. The molecule has 0 aromatic carbocycles. The van der Waals surface area contributed by atoms with Crippen molar-refractivity contribution in [2.45, 2.75) is 46.6 Å². The molecule has 1 aliphatic carbocycles. The van der Waals surface area contributed by atoms with Gasteiger partial charge in [0.15, 0.2) is 5.69 Å². The Morgan fingerprint density at radius 2 is 2.21 bits per heavy atom. The number of carbonyl (C=O) groups excluding carboxylic acids is 1. The fourth-order valence-electron chi connectivity index (χ4n) is 3.35. The lowest BCUT2D eigenvalue weighted by molar-refractivity contribution is 0.0771. The molecule has 130 valence electrons. The lowest BCUT2D eigenvalue weighted by Gasteiger charge is -2.33. The summed E-state index contributed by atoms with van der Waals surface area (Å²) in [6.45, 7) is 7.23. The molecule has 6 heteroatoms. The van der Waals surface area contributed by atoms with Crippen LogP contribution in [0.25, 0.3) is 0 Å². The number of hydrogen-bond donors (Lipinski definition) is 0. The Kier molecular flexibility index (Phi) is 4.24. The third-order valence-electron chi connectivity index (χ3n) is 4.98. The molecule has 1 atom stereocenters. The van der Waals surface area contributed by atoms with E-state index in [0.29, 0.717) is 18.2 Å². The van der Waals surface area contributed by atoms with Crippen LogP contribution in [-0.2, 0) is 26.4 Å². The molecule has 1 aliphatic rings. The minimum Gasteiger partial charge on any atom is -0.360 e. The van der Waals surface area contributed by atoms with E-state index in [1.54, 1.807) is 16.6 Å². The van der Waals surface area contributed by atoms with E-state index in [9.17, 15) is 4.79 Å². The van der Waals surface area contributed by atoms with Gasteiger partial charge in [-0.2, -0.15) is 5.10 Å². The first-order chi connectivity index (χ1) is 11.3. The number of rotatable bonds is 3. The van der Waals surface area contributed by atoms with E-state index in [1.807, 2.05) is 19.3 Å². The van der Waals surface area contributed by atoms with Gasteiger partial charge in [0.05, 0.1) is 12.2 Å². The molecule has 0 fully saturated rings. The van der Waals surface area contributed by atoms with Crippen LogP contribution in [0.5, 0.6) is 0 Å². The van der Waals surface area contributed by atoms with Gasteiger partial charge in [-0.3, -0.25) is 9.48 Å². The average molecular weight is 330 g/mol. The van der Waals surface area contributed by atoms with Crippen LogP contribution in [0.1, 0.15) is 54.7 Å². The zero-order valence-corrected chi connectivity index (χ0v) is 15.2. The molecular formula is C18H26N4O2. The Hall–Kier alpha value is -2.11. The van der Waals surface area contributed by atoms with Crippen molar-refractivity contribution in [1.82, 2.24) is 19.8 Å². The maximum Gasteiger partial charge on any atom is 0.276 e. The molecular weight excluding hydrogens is 304 g/mol. The van der Waals surface area contributed by atoms with E-state index >= 15 is 0 Å². The van der Waals surface area contributed by atoms with Crippen LogP contribution in [0, 0.1) is 11.3 Å². The number of fused-ring (bicyclic) bond motifs is 1. The summed E-state index contributed by atoms with van der Waals surface area (Å²) in [7, 11) is 3.65. The number of nitrogens with zero attached hydrogens (tertiary/aromatic N) is 4. The summed E-state index contributed by atoms with van der Waals surface area (Å²) in [5, 5.41) is 8.42. The van der Waals surface area contributed by atoms with Crippen LogP contribution in [0.15, 0.2) is 16.8 Å². The largest absolute Gasteiger partial charge is 0.360 e. The summed E-state index contributed by atoms with van der Waals surface area (Å²) in [6.07, 6.45) is 4.69. The Morgan fingerprint density at radius 3 is 2.83 bits per heavy atom. The van der Waals surface area contributed by atoms with Crippen LogP contribution in [0.4, 0.5) is 0 Å². The third kappa shape index (κ3) is 3.23. The zero-order valence-electron chi connectivity index (χ0n) is 15.2. The topological polar surface area (TPSA) is 64.2 Å². The van der Waals surface area contributed by atoms with E-state index in [0.717, 1.165) is 36.3 Å². The van der Waals surface area contributed by atoms with Gasteiger partial charge in [-0.25, -0.2) is 0 Å². The first-order valence-electron chi connectivity index (χ1n) is 8.47. The SMILES string of the molecule is CN(Cc1ccn(C)n1)C(=O)c1noc2c1CC(C(C)(C)C)CC2. The van der Waals surface area contributed by atoms with Crippen molar-refractivity contribution in [2.24, 2.45) is 18.4 Å². The predicted molar refractivity (Wildman–Crippen MR) is 90.5 cm³/mol. The monoisotopic (exact) mass is 330 g/mol. The van der Waals surface area contributed by atoms with Crippen molar-refractivity contribution in [1.29, 1.82) is 0 Å². The average Bonchev–Trinajstić information content (AvgIpc) is 3.11. The second-order valence-electron chi connectivity index (χ2n) is 7.88. The van der Waals surface area contributed by atoms with E-state index < -0.39 is 0 Å². The number of hydrogen-bond acceptors (Lipinski definition) is 4. The second-order valence-corrected chi connectivity index (χ2v) is 7.88. The van der Waals surface area contributed by atoms with Crippen LogP contribution in [0.3, 0.4) is 0 Å². The summed E-state index contributed by atoms with van der Waals surface area (Å²) in [5.41, 5.74) is 2.55. The smallest absolute Gasteiger partial charge is 0.276 e. The molecule has 6 nitrogen and oxygen atoms in total. The first-order valence-corrected chi connectivity index (χ1v) is 8.47. The van der Waals surface area contributed by atoms with Gasteiger partial charge in [0, 0.05) is 32.3 Å². The summed E-state index contributed by atoms with van der Waals surface area (Å²) in [5.74, 6) is 1.32. The van der Waals surface area contributed by atoms with Crippen molar-refractivity contribution in [3.05, 3.63) is 35.0 Å². The Labute approximate surface area is 142 Å². The normalized spacial score (nSPS) is 17.6. The minimum atomic E-state index is -0.0970.